The summed E-state index contributed by atoms with van der Waals surface area (Å²) in [6, 6.07) is -0.618. The van der Waals surface area contributed by atoms with Gasteiger partial charge in [-0.15, -0.1) is 0 Å². The Labute approximate surface area is 141 Å². The van der Waals surface area contributed by atoms with E-state index in [0.717, 1.165) is 42.7 Å². The number of carboxylic acid groups (broad SMARTS) is 1. The number of aryl methyl sites for hydroxylation is 2. The Kier molecular flexibility index (Phi) is 4.89. The van der Waals surface area contributed by atoms with Gasteiger partial charge in [0, 0.05) is 24.6 Å². The highest BCUT2D eigenvalue weighted by Gasteiger charge is 2.48. The fourth-order valence-corrected chi connectivity index (χ4v) is 3.66. The molecule has 0 bridgehead atoms. The van der Waals surface area contributed by atoms with Gasteiger partial charge in [0.15, 0.2) is 0 Å². The minimum Gasteiger partial charge on any atom is -0.480 e. The molecule has 7 heteroatoms. The Morgan fingerprint density at radius 2 is 1.92 bits per heavy atom. The van der Waals surface area contributed by atoms with E-state index in [1.807, 2.05) is 18.7 Å². The van der Waals surface area contributed by atoms with Crippen LogP contribution < -0.4 is 5.32 Å². The summed E-state index contributed by atoms with van der Waals surface area (Å²) < 4.78 is 5.32. The molecule has 2 aliphatic rings. The van der Waals surface area contributed by atoms with Crippen molar-refractivity contribution in [2.45, 2.75) is 77.0 Å². The molecule has 2 N–H and O–H groups in total. The number of rotatable bonds is 7. The molecule has 2 unspecified atom stereocenters. The summed E-state index contributed by atoms with van der Waals surface area (Å²) in [5.41, 5.74) is 1.83. The lowest BCUT2D eigenvalue weighted by atomic mass is 10.1. The Balaban J connectivity index is 1.67. The van der Waals surface area contributed by atoms with Gasteiger partial charge in [0.1, 0.15) is 11.8 Å². The van der Waals surface area contributed by atoms with E-state index in [9.17, 15) is 14.7 Å². The van der Waals surface area contributed by atoms with Crippen molar-refractivity contribution < 1.29 is 19.2 Å². The Hall–Kier alpha value is -1.89. The Bertz CT molecular complexity index is 602. The Morgan fingerprint density at radius 1 is 1.21 bits per heavy atom. The van der Waals surface area contributed by atoms with Gasteiger partial charge < -0.3 is 14.9 Å². The number of nitrogens with zero attached hydrogens (tertiary/aromatic N) is 2. The topological polar surface area (TPSA) is 95.7 Å². The fraction of sp³-hybridized carbons (Fsp3) is 0.706. The summed E-state index contributed by atoms with van der Waals surface area (Å²) in [6.07, 6.45) is 4.60. The van der Waals surface area contributed by atoms with Crippen molar-refractivity contribution in [1.82, 2.24) is 15.4 Å². The molecule has 1 saturated carbocycles. The summed E-state index contributed by atoms with van der Waals surface area (Å²) in [5.74, 6) is -0.102. The third-order valence-electron chi connectivity index (χ3n) is 5.04. The summed E-state index contributed by atoms with van der Waals surface area (Å²) >= 11 is 0. The zero-order valence-electron chi connectivity index (χ0n) is 14.2. The second-order valence-electron chi connectivity index (χ2n) is 6.58. The molecule has 2 fully saturated rings. The number of amides is 1. The lowest BCUT2D eigenvalue weighted by Gasteiger charge is -2.27. The molecule has 1 aliphatic heterocycles. The van der Waals surface area contributed by atoms with E-state index in [-0.39, 0.29) is 18.0 Å². The van der Waals surface area contributed by atoms with E-state index in [2.05, 4.69) is 10.5 Å². The molecule has 3 rings (SSSR count). The van der Waals surface area contributed by atoms with E-state index in [4.69, 9.17) is 4.52 Å². The van der Waals surface area contributed by atoms with Crippen LogP contribution in [0.25, 0.3) is 0 Å². The van der Waals surface area contributed by atoms with E-state index in [0.29, 0.717) is 19.4 Å². The molecule has 1 aliphatic carbocycles. The Morgan fingerprint density at radius 3 is 2.50 bits per heavy atom. The van der Waals surface area contributed by atoms with Crippen LogP contribution in [0.5, 0.6) is 0 Å². The van der Waals surface area contributed by atoms with Crippen molar-refractivity contribution in [3.05, 3.63) is 17.0 Å². The molecule has 0 aromatic carbocycles. The average molecular weight is 335 g/mol. The van der Waals surface area contributed by atoms with Gasteiger partial charge in [-0.3, -0.25) is 14.5 Å². The highest BCUT2D eigenvalue weighted by atomic mass is 16.5. The maximum Gasteiger partial charge on any atom is 0.320 e. The highest BCUT2D eigenvalue weighted by molar-refractivity contribution is 5.84. The van der Waals surface area contributed by atoms with E-state index < -0.39 is 12.0 Å². The van der Waals surface area contributed by atoms with Gasteiger partial charge in [0.2, 0.25) is 5.91 Å². The van der Waals surface area contributed by atoms with Crippen molar-refractivity contribution in [3.63, 3.8) is 0 Å². The number of carboxylic acids is 1. The molecule has 0 spiro atoms. The number of likely N-dealkylation sites (tertiary alicyclic amines) is 1. The summed E-state index contributed by atoms with van der Waals surface area (Å²) in [7, 11) is 0. The number of nitrogens with one attached hydrogen (secondary N) is 1. The first kappa shape index (κ1) is 17.0. The standard InChI is InChI=1S/C17H25N3O4/c1-3-12-11(15(4-2)24-19-12)9-18-16(21)13-7-8-14(17(22)23)20(13)10-5-6-10/h10,13-14H,3-9H2,1-2H3,(H,18,21)(H,22,23). The van der Waals surface area contributed by atoms with Crippen LogP contribution in [-0.2, 0) is 29.0 Å². The summed E-state index contributed by atoms with van der Waals surface area (Å²) in [5, 5.41) is 16.4. The molecule has 0 radical (unpaired) electrons. The molecule has 1 aromatic heterocycles. The number of carbonyl (C=O) groups is 2. The van der Waals surface area contributed by atoms with Crippen molar-refractivity contribution in [2.75, 3.05) is 0 Å². The normalized spacial score (nSPS) is 24.2. The second kappa shape index (κ2) is 6.93. The van der Waals surface area contributed by atoms with Crippen LogP contribution in [0.2, 0.25) is 0 Å². The minimum atomic E-state index is -0.822. The van der Waals surface area contributed by atoms with Crippen LogP contribution in [-0.4, -0.2) is 45.2 Å². The SMILES string of the molecule is CCc1noc(CC)c1CNC(=O)C1CCC(C(=O)O)N1C1CC1. The van der Waals surface area contributed by atoms with Gasteiger partial charge >= 0.3 is 5.97 Å². The summed E-state index contributed by atoms with van der Waals surface area (Å²) in [4.78, 5) is 26.0. The molecule has 1 saturated heterocycles. The predicted octanol–water partition coefficient (Wildman–Crippen LogP) is 1.50. The van der Waals surface area contributed by atoms with E-state index >= 15 is 0 Å². The lowest BCUT2D eigenvalue weighted by molar-refractivity contribution is -0.143. The molecule has 1 aromatic rings. The van der Waals surface area contributed by atoms with Crippen molar-refractivity contribution >= 4 is 11.9 Å². The van der Waals surface area contributed by atoms with Gasteiger partial charge in [0.05, 0.1) is 11.7 Å². The van der Waals surface area contributed by atoms with Crippen LogP contribution in [0.4, 0.5) is 0 Å². The van der Waals surface area contributed by atoms with Crippen LogP contribution in [0.1, 0.15) is 56.5 Å². The number of aliphatic carboxylic acids is 1. The van der Waals surface area contributed by atoms with Crippen LogP contribution in [0.3, 0.4) is 0 Å². The molecule has 24 heavy (non-hydrogen) atoms. The molecular weight excluding hydrogens is 310 g/mol. The molecule has 7 nitrogen and oxygen atoms in total. The first-order chi connectivity index (χ1) is 11.6. The van der Waals surface area contributed by atoms with Crippen LogP contribution >= 0.6 is 0 Å². The maximum absolute atomic E-state index is 12.7. The highest BCUT2D eigenvalue weighted by Crippen LogP contribution is 2.37. The van der Waals surface area contributed by atoms with E-state index in [1.165, 1.54) is 0 Å². The van der Waals surface area contributed by atoms with Crippen molar-refractivity contribution in [1.29, 1.82) is 0 Å². The number of aromatic nitrogens is 1. The number of carbonyl (C=O) groups excluding carboxylic acids is 1. The quantitative estimate of drug-likeness (QED) is 0.784. The summed E-state index contributed by atoms with van der Waals surface area (Å²) in [6.45, 7) is 4.39. The number of hydrogen-bond donors (Lipinski definition) is 2. The average Bonchev–Trinajstić information content (AvgIpc) is 3.18. The van der Waals surface area contributed by atoms with Crippen molar-refractivity contribution in [3.8, 4) is 0 Å². The molecule has 2 atom stereocenters. The zero-order valence-corrected chi connectivity index (χ0v) is 14.2. The first-order valence-electron chi connectivity index (χ1n) is 8.81. The van der Waals surface area contributed by atoms with Crippen molar-refractivity contribution in [2.24, 2.45) is 0 Å². The molecule has 1 amide bonds. The lowest BCUT2D eigenvalue weighted by Crippen LogP contribution is -2.49. The molecule has 2 heterocycles. The minimum absolute atomic E-state index is 0.0871. The van der Waals surface area contributed by atoms with Gasteiger partial charge in [-0.25, -0.2) is 0 Å². The van der Waals surface area contributed by atoms with Gasteiger partial charge in [0.25, 0.3) is 0 Å². The largest absolute Gasteiger partial charge is 0.480 e. The first-order valence-corrected chi connectivity index (χ1v) is 8.81. The predicted molar refractivity (Wildman–Crippen MR) is 86.4 cm³/mol. The third-order valence-corrected chi connectivity index (χ3v) is 5.04. The van der Waals surface area contributed by atoms with Crippen LogP contribution in [0, 0.1) is 0 Å². The third kappa shape index (κ3) is 3.17. The zero-order chi connectivity index (χ0) is 17.3. The second-order valence-corrected chi connectivity index (χ2v) is 6.58. The van der Waals surface area contributed by atoms with Crippen LogP contribution in [0.15, 0.2) is 4.52 Å². The van der Waals surface area contributed by atoms with E-state index in [1.54, 1.807) is 0 Å². The smallest absolute Gasteiger partial charge is 0.320 e. The van der Waals surface area contributed by atoms with Gasteiger partial charge in [-0.2, -0.15) is 0 Å². The molecule has 132 valence electrons. The van der Waals surface area contributed by atoms with Gasteiger partial charge in [-0.05, 0) is 32.1 Å². The van der Waals surface area contributed by atoms with Gasteiger partial charge in [-0.1, -0.05) is 19.0 Å². The molecular formula is C17H25N3O4. The monoisotopic (exact) mass is 335 g/mol. The fourth-order valence-electron chi connectivity index (χ4n) is 3.66. The number of hydrogen-bond acceptors (Lipinski definition) is 5. The maximum atomic E-state index is 12.7.